The lowest BCUT2D eigenvalue weighted by molar-refractivity contribution is -0.137. The molecule has 1 aromatic carbocycles. The second-order valence-corrected chi connectivity index (χ2v) is 6.57. The molecule has 0 aliphatic heterocycles. The molecule has 0 aliphatic carbocycles. The fraction of sp³-hybridized carbons (Fsp3) is 0.458. The number of carbonyl (C=O) groups is 1. The minimum Gasteiger partial charge on any atom is -0.463 e. The van der Waals surface area contributed by atoms with Crippen molar-refractivity contribution in [1.29, 1.82) is 0 Å². The van der Waals surface area contributed by atoms with Crippen molar-refractivity contribution in [2.45, 2.75) is 58.3 Å². The SMILES string of the molecule is C=CCCCCCCCCCNc1cccc(C=CC=CC(=O)OCC)c1. The van der Waals surface area contributed by atoms with Gasteiger partial charge in [-0.1, -0.05) is 68.5 Å². The number of anilines is 1. The van der Waals surface area contributed by atoms with E-state index in [0.29, 0.717) is 6.61 Å². The maximum Gasteiger partial charge on any atom is 0.330 e. The van der Waals surface area contributed by atoms with E-state index in [-0.39, 0.29) is 5.97 Å². The van der Waals surface area contributed by atoms with Crippen molar-refractivity contribution in [1.82, 2.24) is 0 Å². The van der Waals surface area contributed by atoms with Crippen molar-refractivity contribution in [3.8, 4) is 0 Å². The van der Waals surface area contributed by atoms with Crippen molar-refractivity contribution in [2.24, 2.45) is 0 Å². The van der Waals surface area contributed by atoms with E-state index in [4.69, 9.17) is 4.74 Å². The molecule has 0 fully saturated rings. The quantitative estimate of drug-likeness (QED) is 0.125. The zero-order valence-corrected chi connectivity index (χ0v) is 16.8. The number of esters is 1. The van der Waals surface area contributed by atoms with Gasteiger partial charge in [0.15, 0.2) is 0 Å². The first-order valence-electron chi connectivity index (χ1n) is 10.2. The zero-order valence-electron chi connectivity index (χ0n) is 16.8. The second-order valence-electron chi connectivity index (χ2n) is 6.57. The van der Waals surface area contributed by atoms with Gasteiger partial charge in [0.1, 0.15) is 0 Å². The highest BCUT2D eigenvalue weighted by Gasteiger charge is 1.95. The van der Waals surface area contributed by atoms with Gasteiger partial charge in [0.25, 0.3) is 0 Å². The Kier molecular flexibility index (Phi) is 13.4. The maximum atomic E-state index is 11.2. The number of carbonyl (C=O) groups excluding carboxylic acids is 1. The van der Waals surface area contributed by atoms with E-state index in [9.17, 15) is 4.79 Å². The summed E-state index contributed by atoms with van der Waals surface area (Å²) < 4.78 is 4.84. The van der Waals surface area contributed by atoms with E-state index >= 15 is 0 Å². The average molecular weight is 370 g/mol. The monoisotopic (exact) mass is 369 g/mol. The maximum absolute atomic E-state index is 11.2. The molecule has 0 heterocycles. The van der Waals surface area contributed by atoms with E-state index < -0.39 is 0 Å². The number of rotatable bonds is 15. The highest BCUT2D eigenvalue weighted by Crippen LogP contribution is 2.13. The third-order valence-corrected chi connectivity index (χ3v) is 4.22. The summed E-state index contributed by atoms with van der Waals surface area (Å²) >= 11 is 0. The van der Waals surface area contributed by atoms with Crippen LogP contribution in [0.5, 0.6) is 0 Å². The van der Waals surface area contributed by atoms with Crippen LogP contribution >= 0.6 is 0 Å². The molecule has 0 unspecified atom stereocenters. The predicted octanol–water partition coefficient (Wildman–Crippen LogP) is 6.54. The van der Waals surface area contributed by atoms with Gasteiger partial charge in [-0.2, -0.15) is 0 Å². The zero-order chi connectivity index (χ0) is 19.6. The van der Waals surface area contributed by atoms with E-state index in [2.05, 4.69) is 24.0 Å². The van der Waals surface area contributed by atoms with Crippen LogP contribution in [-0.4, -0.2) is 19.1 Å². The van der Waals surface area contributed by atoms with Crippen LogP contribution in [0, 0.1) is 0 Å². The number of ether oxygens (including phenoxy) is 1. The summed E-state index contributed by atoms with van der Waals surface area (Å²) in [5.41, 5.74) is 2.24. The molecule has 0 saturated carbocycles. The summed E-state index contributed by atoms with van der Waals surface area (Å²) in [6, 6.07) is 8.30. The summed E-state index contributed by atoms with van der Waals surface area (Å²) in [4.78, 5) is 11.2. The number of benzene rings is 1. The van der Waals surface area contributed by atoms with Gasteiger partial charge >= 0.3 is 5.97 Å². The molecule has 0 amide bonds. The molecule has 0 aromatic heterocycles. The Morgan fingerprint density at radius 3 is 2.56 bits per heavy atom. The Labute approximate surface area is 165 Å². The van der Waals surface area contributed by atoms with Gasteiger partial charge in [0, 0.05) is 18.3 Å². The van der Waals surface area contributed by atoms with Gasteiger partial charge in [0.05, 0.1) is 6.61 Å². The van der Waals surface area contributed by atoms with Crippen LogP contribution in [0.2, 0.25) is 0 Å². The van der Waals surface area contributed by atoms with Gasteiger partial charge in [-0.15, -0.1) is 6.58 Å². The lowest BCUT2D eigenvalue weighted by Gasteiger charge is -2.07. The number of allylic oxidation sites excluding steroid dienone is 3. The van der Waals surface area contributed by atoms with Crippen molar-refractivity contribution in [3.63, 3.8) is 0 Å². The molecule has 27 heavy (non-hydrogen) atoms. The average Bonchev–Trinajstić information content (AvgIpc) is 2.67. The van der Waals surface area contributed by atoms with Crippen LogP contribution in [0.15, 0.2) is 55.1 Å². The Morgan fingerprint density at radius 2 is 1.81 bits per heavy atom. The van der Waals surface area contributed by atoms with Crippen molar-refractivity contribution in [2.75, 3.05) is 18.5 Å². The van der Waals surface area contributed by atoms with Crippen LogP contribution in [0.1, 0.15) is 63.9 Å². The third-order valence-electron chi connectivity index (χ3n) is 4.22. The number of hydrogen-bond acceptors (Lipinski definition) is 3. The van der Waals surface area contributed by atoms with E-state index in [1.54, 1.807) is 13.0 Å². The van der Waals surface area contributed by atoms with Crippen LogP contribution < -0.4 is 5.32 Å². The number of nitrogens with one attached hydrogen (secondary N) is 1. The molecular formula is C24H35NO2. The molecule has 0 radical (unpaired) electrons. The summed E-state index contributed by atoms with van der Waals surface area (Å²) in [6.45, 7) is 6.96. The van der Waals surface area contributed by atoms with Crippen molar-refractivity contribution in [3.05, 3.63) is 60.7 Å². The molecule has 0 aliphatic rings. The lowest BCUT2D eigenvalue weighted by atomic mass is 10.1. The molecule has 0 saturated heterocycles. The van der Waals surface area contributed by atoms with Crippen LogP contribution in [0.4, 0.5) is 5.69 Å². The highest BCUT2D eigenvalue weighted by molar-refractivity contribution is 5.82. The molecule has 1 aromatic rings. The molecule has 0 bridgehead atoms. The number of unbranched alkanes of at least 4 members (excludes halogenated alkanes) is 7. The van der Waals surface area contributed by atoms with E-state index in [0.717, 1.165) is 24.2 Å². The first-order chi connectivity index (χ1) is 13.3. The fourth-order valence-corrected chi connectivity index (χ4v) is 2.77. The Bertz CT molecular complexity index is 590. The molecule has 148 valence electrons. The van der Waals surface area contributed by atoms with E-state index in [1.807, 2.05) is 30.4 Å². The summed E-state index contributed by atoms with van der Waals surface area (Å²) in [7, 11) is 0. The van der Waals surface area contributed by atoms with Crippen molar-refractivity contribution < 1.29 is 9.53 Å². The van der Waals surface area contributed by atoms with Gasteiger partial charge in [-0.25, -0.2) is 4.79 Å². The summed E-state index contributed by atoms with van der Waals surface area (Å²) in [5, 5.41) is 3.49. The first kappa shape index (κ1) is 22.8. The third kappa shape index (κ3) is 12.7. The smallest absolute Gasteiger partial charge is 0.330 e. The summed E-state index contributed by atoms with van der Waals surface area (Å²) in [5.74, 6) is -0.311. The minimum atomic E-state index is -0.311. The molecule has 1 N–H and O–H groups in total. The van der Waals surface area contributed by atoms with Gasteiger partial charge < -0.3 is 10.1 Å². The molecule has 3 heteroatoms. The highest BCUT2D eigenvalue weighted by atomic mass is 16.5. The molecule has 0 atom stereocenters. The lowest BCUT2D eigenvalue weighted by Crippen LogP contribution is -2.01. The topological polar surface area (TPSA) is 38.3 Å². The minimum absolute atomic E-state index is 0.311. The summed E-state index contributed by atoms with van der Waals surface area (Å²) in [6.07, 6.45) is 19.3. The van der Waals surface area contributed by atoms with Crippen LogP contribution in [0.3, 0.4) is 0 Å². The Hall–Kier alpha value is -2.29. The van der Waals surface area contributed by atoms with Crippen LogP contribution in [0.25, 0.3) is 6.08 Å². The van der Waals surface area contributed by atoms with Crippen molar-refractivity contribution >= 4 is 17.7 Å². The van der Waals surface area contributed by atoms with Gasteiger partial charge in [-0.3, -0.25) is 0 Å². The standard InChI is InChI=1S/C24H35NO2/c1-3-5-6-7-8-9-10-11-14-20-25-23-18-15-17-22(21-23)16-12-13-19-24(26)27-4-2/h3,12-13,15-19,21,25H,1,4-11,14,20H2,2H3. The Morgan fingerprint density at radius 1 is 1.07 bits per heavy atom. The Balaban J connectivity index is 2.19. The molecule has 1 rings (SSSR count). The molecule has 3 nitrogen and oxygen atoms in total. The second kappa shape index (κ2) is 15.9. The van der Waals surface area contributed by atoms with E-state index in [1.165, 1.54) is 51.0 Å². The van der Waals surface area contributed by atoms with Crippen LogP contribution in [-0.2, 0) is 9.53 Å². The molecular weight excluding hydrogens is 334 g/mol. The molecule has 0 spiro atoms. The van der Waals surface area contributed by atoms with Gasteiger partial charge in [0.2, 0.25) is 0 Å². The van der Waals surface area contributed by atoms with Gasteiger partial charge in [-0.05, 0) is 43.9 Å². The normalized spacial score (nSPS) is 11.1. The first-order valence-corrected chi connectivity index (χ1v) is 10.2. The predicted molar refractivity (Wildman–Crippen MR) is 117 cm³/mol. The number of hydrogen-bond donors (Lipinski definition) is 1. The fourth-order valence-electron chi connectivity index (χ4n) is 2.77. The largest absolute Gasteiger partial charge is 0.463 e.